The molecule has 2 aromatic carbocycles. The smallest absolute Gasteiger partial charge is 0.154 e. The van der Waals surface area contributed by atoms with E-state index in [1.54, 1.807) is 23.2 Å². The highest BCUT2D eigenvalue weighted by Gasteiger charge is 2.10. The Kier molecular flexibility index (Phi) is 4.72. The van der Waals surface area contributed by atoms with Gasteiger partial charge >= 0.3 is 0 Å². The Morgan fingerprint density at radius 3 is 1.85 bits per heavy atom. The number of hydrogen-bond donors (Lipinski definition) is 0. The molecule has 0 saturated heterocycles. The summed E-state index contributed by atoms with van der Waals surface area (Å²) >= 11 is 0. The molecule has 0 saturated carbocycles. The molecule has 4 rings (SSSR count). The van der Waals surface area contributed by atoms with Gasteiger partial charge in [-0.05, 0) is 36.4 Å². The maximum Gasteiger partial charge on any atom is 0.154 e. The molecule has 27 heavy (non-hydrogen) atoms. The molecule has 0 N–H and O–H groups in total. The summed E-state index contributed by atoms with van der Waals surface area (Å²) in [6, 6.07) is 19.0. The number of benzene rings is 2. The fourth-order valence-electron chi connectivity index (χ4n) is 2.86. The van der Waals surface area contributed by atoms with Gasteiger partial charge in [-0.3, -0.25) is 8.42 Å². The van der Waals surface area contributed by atoms with Crippen molar-refractivity contribution in [3.8, 4) is 22.5 Å². The first-order chi connectivity index (χ1) is 13.0. The average Bonchev–Trinajstić information content (AvgIpc) is 3.11. The highest BCUT2D eigenvalue weighted by Crippen LogP contribution is 2.24. The van der Waals surface area contributed by atoms with Crippen LogP contribution in [-0.2, 0) is 21.6 Å². The third-order valence-electron chi connectivity index (χ3n) is 4.33. The topological polar surface area (TPSA) is 64.3 Å². The third kappa shape index (κ3) is 3.48. The van der Waals surface area contributed by atoms with Crippen LogP contribution >= 0.6 is 0 Å². The molecule has 4 aromatic rings. The second-order valence-electron chi connectivity index (χ2n) is 6.09. The molecule has 2 aromatic heterocycles. The Morgan fingerprint density at radius 1 is 0.741 bits per heavy atom. The van der Waals surface area contributed by atoms with E-state index >= 15 is 0 Å². The molecule has 0 radical (unpaired) electrons. The molecular formula is C20H17N3O2S2. The van der Waals surface area contributed by atoms with Gasteiger partial charge in [0.05, 0.1) is 17.6 Å². The Balaban J connectivity index is 1.77. The zero-order chi connectivity index (χ0) is 19.0. The van der Waals surface area contributed by atoms with E-state index in [-0.39, 0.29) is 0 Å². The zero-order valence-electron chi connectivity index (χ0n) is 14.8. The Labute approximate surface area is 162 Å². The van der Waals surface area contributed by atoms with Gasteiger partial charge in [0.25, 0.3) is 0 Å². The first kappa shape index (κ1) is 17.8. The number of nitrogens with zero attached hydrogens (tertiary/aromatic N) is 3. The molecule has 5 nitrogen and oxygen atoms in total. The van der Waals surface area contributed by atoms with E-state index in [1.807, 2.05) is 60.7 Å². The summed E-state index contributed by atoms with van der Waals surface area (Å²) in [5, 5.41) is 4.73. The van der Waals surface area contributed by atoms with Gasteiger partial charge in [-0.15, -0.1) is 0 Å². The van der Waals surface area contributed by atoms with Crippen molar-refractivity contribution in [1.29, 1.82) is 0 Å². The first-order valence-electron chi connectivity index (χ1n) is 8.25. The van der Waals surface area contributed by atoms with Crippen molar-refractivity contribution in [3.63, 3.8) is 0 Å². The molecule has 0 bridgehead atoms. The molecule has 0 aliphatic heterocycles. The fraction of sp³-hybridized carbons (Fsp3) is 0.100. The van der Waals surface area contributed by atoms with E-state index in [0.717, 1.165) is 38.0 Å². The average molecular weight is 396 g/mol. The largest absolute Gasteiger partial charge is 0.255 e. The normalized spacial score (nSPS) is 13.6. The maximum atomic E-state index is 11.6. The lowest BCUT2D eigenvalue weighted by atomic mass is 10.1. The summed E-state index contributed by atoms with van der Waals surface area (Å²) in [5.41, 5.74) is 4.33. The highest BCUT2D eigenvalue weighted by molar-refractivity contribution is 7.84. The lowest BCUT2D eigenvalue weighted by Gasteiger charge is -2.06. The van der Waals surface area contributed by atoms with Crippen LogP contribution in [0.4, 0.5) is 0 Å². The molecule has 2 heterocycles. The van der Waals surface area contributed by atoms with Gasteiger partial charge in [0, 0.05) is 55.0 Å². The van der Waals surface area contributed by atoms with Crippen molar-refractivity contribution in [2.45, 2.75) is 9.79 Å². The van der Waals surface area contributed by atoms with Crippen molar-refractivity contribution in [2.24, 2.45) is 0 Å². The SMILES string of the molecule is CS(=O)c1ccc(-c2ccc3ncc(-c4ccc(S(C)=O)cc4)n3n2)cc1. The quantitative estimate of drug-likeness (QED) is 0.530. The van der Waals surface area contributed by atoms with Gasteiger partial charge in [-0.1, -0.05) is 24.3 Å². The summed E-state index contributed by atoms with van der Waals surface area (Å²) in [6.45, 7) is 0. The zero-order valence-corrected chi connectivity index (χ0v) is 16.5. The van der Waals surface area contributed by atoms with Crippen molar-refractivity contribution < 1.29 is 8.42 Å². The number of fused-ring (bicyclic) bond motifs is 1. The Hall–Kier alpha value is -2.64. The molecule has 136 valence electrons. The standard InChI is InChI=1S/C20H17N3O2S2/c1-26(24)16-7-3-14(4-8-16)18-11-12-20-21-13-19(23(20)22-18)15-5-9-17(10-6-15)27(2)25/h3-13H,1-2H3. The van der Waals surface area contributed by atoms with Crippen LogP contribution in [0.15, 0.2) is 76.7 Å². The van der Waals surface area contributed by atoms with Crippen LogP contribution in [0.2, 0.25) is 0 Å². The maximum absolute atomic E-state index is 11.6. The summed E-state index contributed by atoms with van der Waals surface area (Å²) in [6.07, 6.45) is 5.11. The lowest BCUT2D eigenvalue weighted by molar-refractivity contribution is 0.686. The van der Waals surface area contributed by atoms with Gasteiger partial charge in [-0.2, -0.15) is 5.10 Å². The van der Waals surface area contributed by atoms with Crippen molar-refractivity contribution in [3.05, 3.63) is 66.9 Å². The molecule has 0 amide bonds. The van der Waals surface area contributed by atoms with Crippen LogP contribution in [0.25, 0.3) is 28.2 Å². The number of imidazole rings is 1. The summed E-state index contributed by atoms with van der Waals surface area (Å²) in [7, 11) is -2.01. The minimum absolute atomic E-state index is 0.753. The van der Waals surface area contributed by atoms with Crippen molar-refractivity contribution in [2.75, 3.05) is 12.5 Å². The second-order valence-corrected chi connectivity index (χ2v) is 8.85. The lowest BCUT2D eigenvalue weighted by Crippen LogP contribution is -1.97. The predicted octanol–water partition coefficient (Wildman–Crippen LogP) is 3.54. The van der Waals surface area contributed by atoms with Crippen LogP contribution < -0.4 is 0 Å². The molecule has 0 spiro atoms. The molecule has 0 aliphatic rings. The molecule has 2 atom stereocenters. The van der Waals surface area contributed by atoms with Crippen molar-refractivity contribution in [1.82, 2.24) is 14.6 Å². The number of aromatic nitrogens is 3. The van der Waals surface area contributed by atoms with Crippen LogP contribution in [-0.4, -0.2) is 35.5 Å². The van der Waals surface area contributed by atoms with Crippen LogP contribution in [0.1, 0.15) is 0 Å². The molecule has 2 unspecified atom stereocenters. The summed E-state index contributed by atoms with van der Waals surface area (Å²) < 4.78 is 25.0. The minimum Gasteiger partial charge on any atom is -0.255 e. The fourth-order valence-corrected chi connectivity index (χ4v) is 3.90. The van der Waals surface area contributed by atoms with Gasteiger partial charge < -0.3 is 0 Å². The van der Waals surface area contributed by atoms with Crippen LogP contribution in [0.5, 0.6) is 0 Å². The third-order valence-corrected chi connectivity index (χ3v) is 6.20. The molecule has 0 aliphatic carbocycles. The van der Waals surface area contributed by atoms with Crippen LogP contribution in [0.3, 0.4) is 0 Å². The van der Waals surface area contributed by atoms with E-state index in [0.29, 0.717) is 0 Å². The molecular weight excluding hydrogens is 378 g/mol. The highest BCUT2D eigenvalue weighted by atomic mass is 32.2. The number of rotatable bonds is 4. The van der Waals surface area contributed by atoms with Crippen LogP contribution in [0, 0.1) is 0 Å². The second kappa shape index (κ2) is 7.17. The van der Waals surface area contributed by atoms with Gasteiger partial charge in [0.15, 0.2) is 5.65 Å². The molecule has 0 fully saturated rings. The summed E-state index contributed by atoms with van der Waals surface area (Å²) in [4.78, 5) is 6.00. The first-order valence-corrected chi connectivity index (χ1v) is 11.4. The van der Waals surface area contributed by atoms with E-state index in [9.17, 15) is 8.42 Å². The van der Waals surface area contributed by atoms with Crippen molar-refractivity contribution >= 4 is 27.2 Å². The van der Waals surface area contributed by atoms with Gasteiger partial charge in [0.2, 0.25) is 0 Å². The Bertz CT molecular complexity index is 1170. The monoisotopic (exact) mass is 395 g/mol. The van der Waals surface area contributed by atoms with E-state index in [1.165, 1.54) is 0 Å². The van der Waals surface area contributed by atoms with E-state index < -0.39 is 21.6 Å². The van der Waals surface area contributed by atoms with E-state index in [4.69, 9.17) is 5.10 Å². The van der Waals surface area contributed by atoms with Gasteiger partial charge in [0.1, 0.15) is 0 Å². The van der Waals surface area contributed by atoms with E-state index in [2.05, 4.69) is 4.98 Å². The Morgan fingerprint density at radius 2 is 1.30 bits per heavy atom. The molecule has 7 heteroatoms. The summed E-state index contributed by atoms with van der Waals surface area (Å²) in [5.74, 6) is 0. The minimum atomic E-state index is -1.00. The predicted molar refractivity (Wildman–Crippen MR) is 109 cm³/mol. The number of hydrogen-bond acceptors (Lipinski definition) is 4. The van der Waals surface area contributed by atoms with Gasteiger partial charge in [-0.25, -0.2) is 9.50 Å².